The number of imidazole rings is 1. The van der Waals surface area contributed by atoms with Crippen molar-refractivity contribution in [3.63, 3.8) is 0 Å². The Kier molecular flexibility index (Phi) is 10.2. The van der Waals surface area contributed by atoms with Crippen LogP contribution in [0.3, 0.4) is 0 Å². The third kappa shape index (κ3) is 7.48. The van der Waals surface area contributed by atoms with E-state index in [0.29, 0.717) is 40.7 Å². The minimum absolute atomic E-state index is 0.0505. The molecule has 3 aromatic carbocycles. The van der Waals surface area contributed by atoms with Gasteiger partial charge in [-0.2, -0.15) is 0 Å². The molecule has 6 heterocycles. The summed E-state index contributed by atoms with van der Waals surface area (Å²) >= 11 is 0. The van der Waals surface area contributed by atoms with Crippen LogP contribution in [0.15, 0.2) is 85.5 Å². The summed E-state index contributed by atoms with van der Waals surface area (Å²) in [6.07, 6.45) is 12.7. The SMILES string of the molecule is O=C1CC[C@H](N2C(=O)c3ccc(N4CCC5(CC4)CC(N4CCC(c6ccc(Nc7ncnc8c7ncn8C7CC(NC(=O)Cc8ccccc8)C7)cc6)CC4)C5)cc3C2=O)C(=O)N1. The molecule has 3 saturated heterocycles. The van der Waals surface area contributed by atoms with Crippen LogP contribution in [0.25, 0.3) is 11.2 Å². The van der Waals surface area contributed by atoms with Crippen molar-refractivity contribution in [1.29, 1.82) is 0 Å². The summed E-state index contributed by atoms with van der Waals surface area (Å²) in [5, 5.41) is 8.92. The molecule has 15 heteroatoms. The molecular weight excluding hydrogens is 809 g/mol. The Morgan fingerprint density at radius 3 is 2.30 bits per heavy atom. The van der Waals surface area contributed by atoms with E-state index in [-0.39, 0.29) is 36.7 Å². The number of carbonyl (C=O) groups is 5. The predicted octanol–water partition coefficient (Wildman–Crippen LogP) is 5.66. The van der Waals surface area contributed by atoms with Crippen molar-refractivity contribution in [2.75, 3.05) is 36.4 Å². The molecule has 0 radical (unpaired) electrons. The Morgan fingerprint density at radius 1 is 0.797 bits per heavy atom. The Bertz CT molecular complexity index is 2640. The van der Waals surface area contributed by atoms with Gasteiger partial charge in [-0.05, 0) is 124 Å². The standard InChI is InChI=1S/C49H52N10O5/c60-41-13-12-40(46(62)55-41)59-47(63)38-11-10-35(25-39(38)48(59)64)57-20-16-49(17-21-57)26-37(27-49)56-18-14-32(15-19-56)31-6-8-33(9-7-31)54-44-43-45(51-28-50-44)58(29-52-43)36-23-34(24-36)53-42(61)22-30-4-2-1-3-5-30/h1-11,25,28-29,32,34,36-37,40H,12-24,26-27H2,(H,53,61)(H,50,51,54)(H,55,60,62)/t34?,36?,40-/m0/s1. The fourth-order valence-corrected chi connectivity index (χ4v) is 11.3. The summed E-state index contributed by atoms with van der Waals surface area (Å²) in [6.45, 7) is 4.03. The van der Waals surface area contributed by atoms with Gasteiger partial charge in [-0.25, -0.2) is 15.0 Å². The van der Waals surface area contributed by atoms with E-state index in [2.05, 4.69) is 64.6 Å². The lowest BCUT2D eigenvalue weighted by Gasteiger charge is -2.56. The molecule has 5 aromatic rings. The first kappa shape index (κ1) is 40.3. The van der Waals surface area contributed by atoms with Crippen LogP contribution in [0.5, 0.6) is 0 Å². The molecule has 1 atom stereocenters. The second-order valence-electron chi connectivity index (χ2n) is 18.9. The highest BCUT2D eigenvalue weighted by Gasteiger charge is 2.49. The maximum Gasteiger partial charge on any atom is 0.262 e. The molecule has 4 aliphatic heterocycles. The number of piperidine rings is 3. The minimum Gasteiger partial charge on any atom is -0.371 e. The number of anilines is 3. The fraction of sp³-hybridized carbons (Fsp3) is 0.429. The van der Waals surface area contributed by atoms with Crippen molar-refractivity contribution in [3.05, 3.63) is 108 Å². The van der Waals surface area contributed by atoms with Crippen molar-refractivity contribution in [2.45, 2.75) is 101 Å². The average molecular weight is 861 g/mol. The van der Waals surface area contributed by atoms with Crippen LogP contribution in [0.4, 0.5) is 17.2 Å². The number of likely N-dealkylation sites (tertiary alicyclic amines) is 1. The first-order chi connectivity index (χ1) is 31.2. The molecule has 328 valence electrons. The number of imide groups is 2. The summed E-state index contributed by atoms with van der Waals surface area (Å²) in [5.74, 6) is -0.641. The van der Waals surface area contributed by atoms with Gasteiger partial charge in [-0.3, -0.25) is 34.2 Å². The minimum atomic E-state index is -0.959. The lowest BCUT2D eigenvalue weighted by atomic mass is 9.59. The highest BCUT2D eigenvalue weighted by molar-refractivity contribution is 6.23. The Balaban J connectivity index is 0.634. The number of benzene rings is 3. The van der Waals surface area contributed by atoms with Crippen molar-refractivity contribution in [2.24, 2.45) is 5.41 Å². The van der Waals surface area contributed by atoms with Crippen LogP contribution in [0.1, 0.15) is 108 Å². The number of nitrogens with zero attached hydrogens (tertiary/aromatic N) is 7. The van der Waals surface area contributed by atoms with Crippen LogP contribution >= 0.6 is 0 Å². The first-order valence-electron chi connectivity index (χ1n) is 22.9. The van der Waals surface area contributed by atoms with Gasteiger partial charge in [-0.15, -0.1) is 0 Å². The van der Waals surface area contributed by atoms with Crippen LogP contribution in [-0.4, -0.2) is 103 Å². The largest absolute Gasteiger partial charge is 0.371 e. The van der Waals surface area contributed by atoms with E-state index >= 15 is 0 Å². The van der Waals surface area contributed by atoms with Gasteiger partial charge >= 0.3 is 0 Å². The maximum absolute atomic E-state index is 13.4. The van der Waals surface area contributed by atoms with Crippen LogP contribution in [0.2, 0.25) is 0 Å². The number of hydrogen-bond donors (Lipinski definition) is 3. The number of hydrogen-bond acceptors (Lipinski definition) is 11. The Hall–Kier alpha value is -6.48. The molecule has 11 rings (SSSR count). The predicted molar refractivity (Wildman–Crippen MR) is 239 cm³/mol. The number of nitrogens with one attached hydrogen (secondary N) is 3. The van der Waals surface area contributed by atoms with Crippen molar-refractivity contribution in [1.82, 2.24) is 40.0 Å². The smallest absolute Gasteiger partial charge is 0.262 e. The van der Waals surface area contributed by atoms with E-state index in [1.807, 2.05) is 48.8 Å². The molecule has 3 N–H and O–H groups in total. The molecule has 2 saturated carbocycles. The van der Waals surface area contributed by atoms with Gasteiger partial charge in [-0.1, -0.05) is 42.5 Å². The van der Waals surface area contributed by atoms with Crippen LogP contribution < -0.4 is 20.9 Å². The summed E-state index contributed by atoms with van der Waals surface area (Å²) < 4.78 is 2.11. The fourth-order valence-electron chi connectivity index (χ4n) is 11.3. The van der Waals surface area contributed by atoms with E-state index in [9.17, 15) is 24.0 Å². The zero-order valence-electron chi connectivity index (χ0n) is 35.7. The van der Waals surface area contributed by atoms with E-state index in [1.165, 1.54) is 18.4 Å². The number of amides is 5. The van der Waals surface area contributed by atoms with Gasteiger partial charge in [0.2, 0.25) is 17.7 Å². The molecule has 15 nitrogen and oxygen atoms in total. The summed E-state index contributed by atoms with van der Waals surface area (Å²) in [6, 6.07) is 24.1. The van der Waals surface area contributed by atoms with Gasteiger partial charge in [0.05, 0.1) is 23.9 Å². The summed E-state index contributed by atoms with van der Waals surface area (Å²) in [4.78, 5) is 83.2. The van der Waals surface area contributed by atoms with Crippen LogP contribution in [0, 0.1) is 5.41 Å². The quantitative estimate of drug-likeness (QED) is 0.148. The molecule has 0 unspecified atom stereocenters. The zero-order chi connectivity index (χ0) is 43.5. The number of fused-ring (bicyclic) bond motifs is 2. The van der Waals surface area contributed by atoms with E-state index in [4.69, 9.17) is 4.98 Å². The third-order valence-corrected chi connectivity index (χ3v) is 15.1. The topological polar surface area (TPSA) is 175 Å². The number of carbonyl (C=O) groups excluding carboxylic acids is 5. The van der Waals surface area contributed by atoms with Gasteiger partial charge in [0, 0.05) is 49.0 Å². The molecule has 6 aliphatic rings. The van der Waals surface area contributed by atoms with Gasteiger partial charge < -0.3 is 25.0 Å². The molecule has 0 bridgehead atoms. The van der Waals surface area contributed by atoms with E-state index in [1.54, 1.807) is 12.4 Å². The second kappa shape index (κ2) is 16.3. The second-order valence-corrected chi connectivity index (χ2v) is 18.9. The van der Waals surface area contributed by atoms with E-state index < -0.39 is 23.8 Å². The average Bonchev–Trinajstić information content (AvgIpc) is 3.82. The van der Waals surface area contributed by atoms with Crippen molar-refractivity contribution in [3.8, 4) is 0 Å². The molecular formula is C49H52N10O5. The highest BCUT2D eigenvalue weighted by Crippen LogP contribution is 2.52. The van der Waals surface area contributed by atoms with Gasteiger partial charge in [0.25, 0.3) is 11.8 Å². The molecule has 5 amide bonds. The molecule has 2 aliphatic carbocycles. The maximum atomic E-state index is 13.4. The number of aromatic nitrogens is 4. The normalized spacial score (nSPS) is 23.8. The van der Waals surface area contributed by atoms with Crippen LogP contribution in [-0.2, 0) is 20.8 Å². The van der Waals surface area contributed by atoms with Crippen molar-refractivity contribution >= 4 is 57.9 Å². The Labute approximate surface area is 371 Å². The summed E-state index contributed by atoms with van der Waals surface area (Å²) in [5.41, 5.74) is 6.82. The molecule has 1 spiro atoms. The zero-order valence-corrected chi connectivity index (χ0v) is 35.7. The number of rotatable bonds is 10. The highest BCUT2D eigenvalue weighted by atomic mass is 16.2. The Morgan fingerprint density at radius 2 is 1.55 bits per heavy atom. The van der Waals surface area contributed by atoms with E-state index in [0.717, 1.165) is 97.7 Å². The molecule has 2 aromatic heterocycles. The summed E-state index contributed by atoms with van der Waals surface area (Å²) in [7, 11) is 0. The third-order valence-electron chi connectivity index (χ3n) is 15.1. The van der Waals surface area contributed by atoms with Crippen molar-refractivity contribution < 1.29 is 24.0 Å². The lowest BCUT2D eigenvalue weighted by Crippen LogP contribution is -2.56. The van der Waals surface area contributed by atoms with Gasteiger partial charge in [0.1, 0.15) is 12.4 Å². The molecule has 64 heavy (non-hydrogen) atoms. The first-order valence-corrected chi connectivity index (χ1v) is 22.9. The van der Waals surface area contributed by atoms with Gasteiger partial charge in [0.15, 0.2) is 17.0 Å². The lowest BCUT2D eigenvalue weighted by molar-refractivity contribution is -0.136. The monoisotopic (exact) mass is 860 g/mol. The molecule has 5 fully saturated rings.